The molecule has 0 heterocycles. The van der Waals surface area contributed by atoms with Crippen LogP contribution in [-0.2, 0) is 19.0 Å². The van der Waals surface area contributed by atoms with Crippen LogP contribution >= 0.6 is 7.94 Å². The number of carbonyl (C=O) groups excluding carboxylic acids is 1. The number of hydrogen-bond donors (Lipinski definition) is 4. The summed E-state index contributed by atoms with van der Waals surface area (Å²) >= 11 is 0. The standard InChI is InChI=1S/C36H74O8P/c1-3-5-7-9-11-13-15-16-17-18-19-20-21-23-25-27-29-42-32-34(33-44-36(35(38)31-37)45(39,40)41)43-30-28-26-24-22-14-12-10-8-6-4-2/h34,36-37,39-41H,3-33H2,1-2H3/q+1/t34-,36?/m0/s1. The monoisotopic (exact) mass is 666 g/mol. The Kier molecular flexibility index (Phi) is 33.6. The first-order valence-corrected chi connectivity index (χ1v) is 20.6. The molecule has 9 heteroatoms. The third-order valence-corrected chi connectivity index (χ3v) is 9.55. The van der Waals surface area contributed by atoms with Gasteiger partial charge in [-0.2, -0.15) is 14.7 Å². The Labute approximate surface area is 278 Å². The third-order valence-electron chi connectivity index (χ3n) is 8.48. The van der Waals surface area contributed by atoms with Crippen molar-refractivity contribution in [1.82, 2.24) is 0 Å². The van der Waals surface area contributed by atoms with E-state index in [1.54, 1.807) is 0 Å². The summed E-state index contributed by atoms with van der Waals surface area (Å²) in [5.74, 6) is -2.84. The molecule has 0 saturated heterocycles. The Morgan fingerprint density at radius 2 is 0.867 bits per heavy atom. The fourth-order valence-corrected chi connectivity index (χ4v) is 6.37. The molecule has 0 spiro atoms. The van der Waals surface area contributed by atoms with Gasteiger partial charge in [0, 0.05) is 13.2 Å². The van der Waals surface area contributed by atoms with Crippen LogP contribution in [0.2, 0.25) is 0 Å². The Morgan fingerprint density at radius 3 is 1.22 bits per heavy atom. The summed E-state index contributed by atoms with van der Waals surface area (Å²) in [4.78, 5) is 40.7. The van der Waals surface area contributed by atoms with Crippen LogP contribution < -0.4 is 0 Å². The lowest BCUT2D eigenvalue weighted by Gasteiger charge is -2.21. The molecule has 0 aromatic rings. The Balaban J connectivity index is 4.07. The fraction of sp³-hybridized carbons (Fsp3) is 0.972. The van der Waals surface area contributed by atoms with Gasteiger partial charge in [-0.1, -0.05) is 168 Å². The van der Waals surface area contributed by atoms with Crippen molar-refractivity contribution in [3.8, 4) is 0 Å². The van der Waals surface area contributed by atoms with Crippen molar-refractivity contribution >= 4 is 13.7 Å². The number of aliphatic hydroxyl groups is 1. The maximum absolute atomic E-state index is 11.9. The lowest BCUT2D eigenvalue weighted by molar-refractivity contribution is -0.133. The third kappa shape index (κ3) is 30.9. The zero-order valence-corrected chi connectivity index (χ0v) is 30.3. The minimum atomic E-state index is -4.61. The second-order valence-electron chi connectivity index (χ2n) is 13.0. The minimum absolute atomic E-state index is 0.142. The van der Waals surface area contributed by atoms with E-state index in [0.29, 0.717) is 13.2 Å². The lowest BCUT2D eigenvalue weighted by Crippen LogP contribution is -2.35. The molecule has 0 aromatic heterocycles. The molecule has 0 aromatic carbocycles. The zero-order chi connectivity index (χ0) is 33.3. The van der Waals surface area contributed by atoms with Crippen molar-refractivity contribution in [3.05, 3.63) is 0 Å². The van der Waals surface area contributed by atoms with Crippen LogP contribution in [-0.4, -0.2) is 70.6 Å². The average Bonchev–Trinajstić information content (AvgIpc) is 3.01. The Bertz CT molecular complexity index is 616. The highest BCUT2D eigenvalue weighted by molar-refractivity contribution is 7.60. The maximum atomic E-state index is 11.9. The molecular formula is C36H74O8P+. The first-order valence-electron chi connectivity index (χ1n) is 18.9. The molecule has 0 aliphatic heterocycles. The number of hydrogen-bond acceptors (Lipinski definition) is 8. The summed E-state index contributed by atoms with van der Waals surface area (Å²) in [5.41, 5.74) is 0. The molecular weight excluding hydrogens is 591 g/mol. The number of aliphatic hydroxyl groups excluding tert-OH is 1. The minimum Gasteiger partial charge on any atom is -0.388 e. The van der Waals surface area contributed by atoms with Crippen molar-refractivity contribution in [1.29, 1.82) is 0 Å². The largest absolute Gasteiger partial charge is 0.443 e. The van der Waals surface area contributed by atoms with Gasteiger partial charge in [0.2, 0.25) is 5.78 Å². The van der Waals surface area contributed by atoms with E-state index in [1.165, 1.54) is 141 Å². The van der Waals surface area contributed by atoms with Gasteiger partial charge in [0.15, 0.2) is 0 Å². The van der Waals surface area contributed by atoms with Crippen molar-refractivity contribution in [3.63, 3.8) is 0 Å². The molecule has 0 rings (SSSR count). The van der Waals surface area contributed by atoms with Crippen molar-refractivity contribution < 1.29 is 38.8 Å². The number of carbonyl (C=O) groups is 1. The van der Waals surface area contributed by atoms with E-state index < -0.39 is 32.3 Å². The Hall–Kier alpha value is -0.180. The molecule has 270 valence electrons. The highest BCUT2D eigenvalue weighted by Crippen LogP contribution is 2.51. The van der Waals surface area contributed by atoms with Crippen molar-refractivity contribution in [2.75, 3.05) is 33.0 Å². The molecule has 45 heavy (non-hydrogen) atoms. The van der Waals surface area contributed by atoms with Gasteiger partial charge in [0.05, 0.1) is 13.2 Å². The number of Topliss-reactive ketones (excluding diaryl/α,β-unsaturated/α-hetero) is 1. The van der Waals surface area contributed by atoms with Crippen LogP contribution in [0.4, 0.5) is 0 Å². The van der Waals surface area contributed by atoms with E-state index in [9.17, 15) is 19.5 Å². The zero-order valence-electron chi connectivity index (χ0n) is 29.4. The second-order valence-corrected chi connectivity index (χ2v) is 14.7. The van der Waals surface area contributed by atoms with Gasteiger partial charge in [0.25, 0.3) is 0 Å². The smallest absolute Gasteiger partial charge is 0.388 e. The van der Waals surface area contributed by atoms with Gasteiger partial charge in [-0.15, -0.1) is 0 Å². The maximum Gasteiger partial charge on any atom is 0.443 e. The van der Waals surface area contributed by atoms with Gasteiger partial charge in [-0.25, -0.2) is 0 Å². The first kappa shape index (κ1) is 44.8. The van der Waals surface area contributed by atoms with Crippen LogP contribution in [0, 0.1) is 0 Å². The molecule has 0 radical (unpaired) electrons. The fourth-order valence-electron chi connectivity index (χ4n) is 5.61. The second kappa shape index (κ2) is 33.7. The van der Waals surface area contributed by atoms with Gasteiger partial charge in [0.1, 0.15) is 12.7 Å². The van der Waals surface area contributed by atoms with E-state index in [2.05, 4.69) is 13.8 Å². The molecule has 0 aliphatic rings. The molecule has 4 N–H and O–H groups in total. The topological polar surface area (TPSA) is 126 Å². The predicted molar refractivity (Wildman–Crippen MR) is 187 cm³/mol. The molecule has 8 nitrogen and oxygen atoms in total. The normalized spacial score (nSPS) is 13.4. The molecule has 0 fully saturated rings. The quantitative estimate of drug-likeness (QED) is 0.0382. The van der Waals surface area contributed by atoms with E-state index in [1.807, 2.05) is 0 Å². The molecule has 1 unspecified atom stereocenters. The lowest BCUT2D eigenvalue weighted by atomic mass is 10.0. The number of ether oxygens (including phenoxy) is 3. The number of unbranched alkanes of at least 4 members (excludes halogenated alkanes) is 24. The van der Waals surface area contributed by atoms with Crippen molar-refractivity contribution in [2.24, 2.45) is 0 Å². The summed E-state index contributed by atoms with van der Waals surface area (Å²) in [6, 6.07) is 0. The summed E-state index contributed by atoms with van der Waals surface area (Å²) in [7, 11) is -4.61. The van der Waals surface area contributed by atoms with E-state index in [4.69, 9.17) is 19.3 Å². The van der Waals surface area contributed by atoms with Crippen LogP contribution in [0.1, 0.15) is 181 Å². The summed E-state index contributed by atoms with van der Waals surface area (Å²) in [6.07, 6.45) is 32.8. The van der Waals surface area contributed by atoms with Crippen molar-refractivity contribution in [2.45, 2.75) is 193 Å². The molecule has 0 aliphatic carbocycles. The van der Waals surface area contributed by atoms with Crippen LogP contribution in [0.25, 0.3) is 0 Å². The van der Waals surface area contributed by atoms with Crippen LogP contribution in [0.3, 0.4) is 0 Å². The van der Waals surface area contributed by atoms with Gasteiger partial charge in [-0.05, 0) is 12.8 Å². The summed E-state index contributed by atoms with van der Waals surface area (Å²) < 4.78 is 17.2. The highest BCUT2D eigenvalue weighted by Gasteiger charge is 2.49. The molecule has 0 amide bonds. The van der Waals surface area contributed by atoms with E-state index in [-0.39, 0.29) is 13.2 Å². The predicted octanol–water partition coefficient (Wildman–Crippen LogP) is 9.21. The summed E-state index contributed by atoms with van der Waals surface area (Å²) in [5, 5.41) is 9.12. The Morgan fingerprint density at radius 1 is 0.511 bits per heavy atom. The van der Waals surface area contributed by atoms with E-state index >= 15 is 0 Å². The average molecular weight is 666 g/mol. The summed E-state index contributed by atoms with van der Waals surface area (Å²) in [6.45, 7) is 4.79. The highest BCUT2D eigenvalue weighted by atomic mass is 31.2. The molecule has 0 saturated carbocycles. The van der Waals surface area contributed by atoms with Crippen LogP contribution in [0.15, 0.2) is 0 Å². The first-order chi connectivity index (χ1) is 21.9. The SMILES string of the molecule is CCCCCCCCCCCCCCCCCCOC[C@@H](COC(C(=O)CO)[P+](O)(O)O)OCCCCCCCCCCCC. The van der Waals surface area contributed by atoms with E-state index in [0.717, 1.165) is 25.7 Å². The molecule has 2 atom stereocenters. The number of ketones is 1. The van der Waals surface area contributed by atoms with Gasteiger partial charge >= 0.3 is 13.8 Å². The van der Waals surface area contributed by atoms with Crippen LogP contribution in [0.5, 0.6) is 0 Å². The van der Waals surface area contributed by atoms with Gasteiger partial charge in [-0.3, -0.25) is 4.79 Å². The number of rotatable bonds is 37. The molecule has 0 bridgehead atoms. The van der Waals surface area contributed by atoms with Gasteiger partial charge < -0.3 is 19.3 Å².